The minimum absolute atomic E-state index is 0.188. The van der Waals surface area contributed by atoms with Gasteiger partial charge in [0.25, 0.3) is 0 Å². The highest BCUT2D eigenvalue weighted by Crippen LogP contribution is 2.20. The third kappa shape index (κ3) is 4.84. The van der Waals surface area contributed by atoms with Gasteiger partial charge in [-0.1, -0.05) is 18.2 Å². The zero-order chi connectivity index (χ0) is 19.4. The number of halogens is 1. The van der Waals surface area contributed by atoms with E-state index in [4.69, 9.17) is 0 Å². The van der Waals surface area contributed by atoms with Crippen molar-refractivity contribution in [1.82, 2.24) is 4.90 Å². The van der Waals surface area contributed by atoms with E-state index in [0.29, 0.717) is 37.6 Å². The molecular formula is C21H24FN3O2. The average Bonchev–Trinajstić information content (AvgIpc) is 2.61. The second kappa shape index (κ2) is 8.20. The SMILES string of the molecule is Cc1cc(C)cc(NC(=O)CC(=O)N2CCN(c3ccccc3F)CC2)c1. The van der Waals surface area contributed by atoms with Gasteiger partial charge in [0.15, 0.2) is 0 Å². The van der Waals surface area contributed by atoms with Gasteiger partial charge in [-0.25, -0.2) is 4.39 Å². The molecule has 2 amide bonds. The van der Waals surface area contributed by atoms with E-state index < -0.39 is 0 Å². The molecule has 0 aliphatic carbocycles. The van der Waals surface area contributed by atoms with Crippen LogP contribution in [0.1, 0.15) is 17.5 Å². The van der Waals surface area contributed by atoms with Crippen molar-refractivity contribution in [1.29, 1.82) is 0 Å². The molecule has 2 aromatic rings. The minimum Gasteiger partial charge on any atom is -0.366 e. The summed E-state index contributed by atoms with van der Waals surface area (Å²) in [7, 11) is 0. The molecule has 0 saturated carbocycles. The molecular weight excluding hydrogens is 345 g/mol. The van der Waals surface area contributed by atoms with Crippen LogP contribution < -0.4 is 10.2 Å². The van der Waals surface area contributed by atoms with Crippen LogP contribution in [0, 0.1) is 19.7 Å². The molecule has 2 aromatic carbocycles. The Morgan fingerprint density at radius 3 is 2.26 bits per heavy atom. The molecule has 3 rings (SSSR count). The highest BCUT2D eigenvalue weighted by molar-refractivity contribution is 6.03. The number of benzene rings is 2. The maximum Gasteiger partial charge on any atom is 0.233 e. The van der Waals surface area contributed by atoms with Gasteiger partial charge in [0, 0.05) is 31.9 Å². The predicted octanol–water partition coefficient (Wildman–Crippen LogP) is 3.12. The molecule has 1 fully saturated rings. The predicted molar refractivity (Wildman–Crippen MR) is 104 cm³/mol. The zero-order valence-corrected chi connectivity index (χ0v) is 15.7. The highest BCUT2D eigenvalue weighted by Gasteiger charge is 2.24. The average molecular weight is 369 g/mol. The maximum atomic E-state index is 13.9. The Balaban J connectivity index is 1.52. The maximum absolute atomic E-state index is 13.9. The molecule has 1 saturated heterocycles. The normalized spacial score (nSPS) is 14.2. The van der Waals surface area contributed by atoms with Crippen LogP contribution in [0.3, 0.4) is 0 Å². The van der Waals surface area contributed by atoms with Crippen molar-refractivity contribution in [3.05, 3.63) is 59.4 Å². The number of aryl methyl sites for hydroxylation is 2. The Labute approximate surface area is 158 Å². The summed E-state index contributed by atoms with van der Waals surface area (Å²) in [6, 6.07) is 12.4. The topological polar surface area (TPSA) is 52.7 Å². The Morgan fingerprint density at radius 2 is 1.63 bits per heavy atom. The van der Waals surface area contributed by atoms with Crippen LogP contribution in [0.25, 0.3) is 0 Å². The molecule has 6 heteroatoms. The summed E-state index contributed by atoms with van der Waals surface area (Å²) >= 11 is 0. The standard InChI is InChI=1S/C21H24FN3O2/c1-15-11-16(2)13-17(12-15)23-20(26)14-21(27)25-9-7-24(8-10-25)19-6-4-3-5-18(19)22/h3-6,11-13H,7-10,14H2,1-2H3,(H,23,26). The van der Waals surface area contributed by atoms with Crippen LogP contribution in [0.4, 0.5) is 15.8 Å². The first-order valence-corrected chi connectivity index (χ1v) is 9.08. The van der Waals surface area contributed by atoms with Crippen molar-refractivity contribution in [3.63, 3.8) is 0 Å². The summed E-state index contributed by atoms with van der Waals surface area (Å²) < 4.78 is 13.9. The number of para-hydroxylation sites is 1. The lowest BCUT2D eigenvalue weighted by atomic mass is 10.1. The third-order valence-electron chi connectivity index (χ3n) is 4.64. The van der Waals surface area contributed by atoms with E-state index in [2.05, 4.69) is 5.32 Å². The van der Waals surface area contributed by atoms with Crippen molar-refractivity contribution >= 4 is 23.2 Å². The smallest absolute Gasteiger partial charge is 0.233 e. The van der Waals surface area contributed by atoms with E-state index in [1.807, 2.05) is 36.9 Å². The second-order valence-electron chi connectivity index (χ2n) is 6.92. The minimum atomic E-state index is -0.318. The molecule has 0 bridgehead atoms. The van der Waals surface area contributed by atoms with Crippen LogP contribution in [0.15, 0.2) is 42.5 Å². The van der Waals surface area contributed by atoms with Crippen molar-refractivity contribution in [2.24, 2.45) is 0 Å². The molecule has 1 aliphatic rings. The Kier molecular flexibility index (Phi) is 5.74. The number of rotatable bonds is 4. The van der Waals surface area contributed by atoms with Gasteiger partial charge < -0.3 is 15.1 Å². The van der Waals surface area contributed by atoms with E-state index in [1.54, 1.807) is 23.1 Å². The van der Waals surface area contributed by atoms with E-state index in [0.717, 1.165) is 11.1 Å². The quantitative estimate of drug-likeness (QED) is 0.843. The number of carbonyl (C=O) groups is 2. The fraction of sp³-hybridized carbons (Fsp3) is 0.333. The van der Waals surface area contributed by atoms with Crippen molar-refractivity contribution in [3.8, 4) is 0 Å². The fourth-order valence-electron chi connectivity index (χ4n) is 3.41. The molecule has 1 N–H and O–H groups in total. The summed E-state index contributed by atoms with van der Waals surface area (Å²) in [4.78, 5) is 28.2. The molecule has 1 aliphatic heterocycles. The van der Waals surface area contributed by atoms with E-state index >= 15 is 0 Å². The molecule has 0 spiro atoms. The third-order valence-corrected chi connectivity index (χ3v) is 4.64. The van der Waals surface area contributed by atoms with Crippen LogP contribution in [0.2, 0.25) is 0 Å². The van der Waals surface area contributed by atoms with Crippen molar-refractivity contribution in [2.75, 3.05) is 36.4 Å². The van der Waals surface area contributed by atoms with Crippen molar-refractivity contribution < 1.29 is 14.0 Å². The fourth-order valence-corrected chi connectivity index (χ4v) is 3.41. The molecule has 0 radical (unpaired) electrons. The number of amides is 2. The first kappa shape index (κ1) is 18.9. The monoisotopic (exact) mass is 369 g/mol. The summed E-state index contributed by atoms with van der Waals surface area (Å²) in [6.45, 7) is 5.97. The van der Waals surface area contributed by atoms with Gasteiger partial charge in [-0.15, -0.1) is 0 Å². The van der Waals surface area contributed by atoms with Crippen LogP contribution in [0.5, 0.6) is 0 Å². The lowest BCUT2D eigenvalue weighted by Gasteiger charge is -2.36. The number of piperazine rings is 1. The number of nitrogens with zero attached hydrogens (tertiary/aromatic N) is 2. The lowest BCUT2D eigenvalue weighted by molar-refractivity contribution is -0.134. The first-order valence-electron chi connectivity index (χ1n) is 9.08. The molecule has 0 unspecified atom stereocenters. The molecule has 0 aromatic heterocycles. The van der Waals surface area contributed by atoms with E-state index in [1.165, 1.54) is 6.07 Å². The second-order valence-corrected chi connectivity index (χ2v) is 6.92. The first-order chi connectivity index (χ1) is 12.9. The molecule has 1 heterocycles. The number of nitrogens with one attached hydrogen (secondary N) is 1. The number of hydrogen-bond acceptors (Lipinski definition) is 3. The summed E-state index contributed by atoms with van der Waals surface area (Å²) in [5, 5.41) is 2.79. The molecule has 0 atom stereocenters. The van der Waals surface area contributed by atoms with E-state index in [9.17, 15) is 14.0 Å². The van der Waals surface area contributed by atoms with Gasteiger partial charge in [-0.05, 0) is 49.2 Å². The van der Waals surface area contributed by atoms with Crippen LogP contribution in [-0.4, -0.2) is 42.9 Å². The van der Waals surface area contributed by atoms with Gasteiger partial charge in [0.1, 0.15) is 12.2 Å². The zero-order valence-electron chi connectivity index (χ0n) is 15.7. The highest BCUT2D eigenvalue weighted by atomic mass is 19.1. The summed E-state index contributed by atoms with van der Waals surface area (Å²) in [6.07, 6.45) is -0.188. The molecule has 5 nitrogen and oxygen atoms in total. The van der Waals surface area contributed by atoms with Gasteiger partial charge in [0.05, 0.1) is 5.69 Å². The summed E-state index contributed by atoms with van der Waals surface area (Å²) in [5.74, 6) is -0.781. The summed E-state index contributed by atoms with van der Waals surface area (Å²) in [5.41, 5.74) is 3.37. The Hall–Kier alpha value is -2.89. The largest absolute Gasteiger partial charge is 0.366 e. The number of hydrogen-bond donors (Lipinski definition) is 1. The van der Waals surface area contributed by atoms with E-state index in [-0.39, 0.29) is 24.1 Å². The number of carbonyl (C=O) groups excluding carboxylic acids is 2. The Morgan fingerprint density at radius 1 is 1.00 bits per heavy atom. The molecule has 27 heavy (non-hydrogen) atoms. The van der Waals surface area contributed by atoms with Crippen LogP contribution >= 0.6 is 0 Å². The van der Waals surface area contributed by atoms with Gasteiger partial charge >= 0.3 is 0 Å². The number of anilines is 2. The van der Waals surface area contributed by atoms with Crippen molar-refractivity contribution in [2.45, 2.75) is 20.3 Å². The van der Waals surface area contributed by atoms with Gasteiger partial charge in [-0.2, -0.15) is 0 Å². The lowest BCUT2D eigenvalue weighted by Crippen LogP contribution is -2.49. The van der Waals surface area contributed by atoms with Gasteiger partial charge in [-0.3, -0.25) is 9.59 Å². The Bertz CT molecular complexity index is 825. The van der Waals surface area contributed by atoms with Crippen LogP contribution in [-0.2, 0) is 9.59 Å². The van der Waals surface area contributed by atoms with Gasteiger partial charge in [0.2, 0.25) is 11.8 Å². The molecule has 142 valence electrons.